The molecule has 18 heavy (non-hydrogen) atoms. The molecule has 0 radical (unpaired) electrons. The second-order valence-electron chi connectivity index (χ2n) is 3.69. The minimum Gasteiger partial charge on any atom is -0.467 e. The van der Waals surface area contributed by atoms with Gasteiger partial charge in [0.2, 0.25) is 11.9 Å². The Kier molecular flexibility index (Phi) is 5.01. The van der Waals surface area contributed by atoms with E-state index in [1.54, 1.807) is 0 Å². The second-order valence-corrected chi connectivity index (χ2v) is 3.69. The average Bonchev–Trinajstić information content (AvgIpc) is 2.44. The molecule has 0 unspecified atom stereocenters. The van der Waals surface area contributed by atoms with E-state index in [-0.39, 0.29) is 31.1 Å². The number of anilines is 2. The summed E-state index contributed by atoms with van der Waals surface area (Å²) in [7, 11) is 1.41. The highest BCUT2D eigenvalue weighted by Gasteiger charge is 2.27. The number of nitrogens with two attached hydrogens (primary N) is 1. The van der Waals surface area contributed by atoms with Gasteiger partial charge in [0.1, 0.15) is 0 Å². The zero-order valence-corrected chi connectivity index (χ0v) is 10.3. The normalized spacial score (nSPS) is 11.2. The van der Waals surface area contributed by atoms with E-state index in [1.807, 2.05) is 6.92 Å². The van der Waals surface area contributed by atoms with Gasteiger partial charge in [0.15, 0.2) is 0 Å². The van der Waals surface area contributed by atoms with E-state index < -0.39 is 5.54 Å². The first kappa shape index (κ1) is 14.4. The fourth-order valence-corrected chi connectivity index (χ4v) is 1.25. The van der Waals surface area contributed by atoms with Crippen LogP contribution in [-0.4, -0.2) is 51.0 Å². The third-order valence-electron chi connectivity index (χ3n) is 2.59. The second kappa shape index (κ2) is 6.28. The summed E-state index contributed by atoms with van der Waals surface area (Å²) in [5.74, 6) is 5.49. The Morgan fingerprint density at radius 2 is 1.83 bits per heavy atom. The van der Waals surface area contributed by atoms with Crippen molar-refractivity contribution in [1.29, 1.82) is 0 Å². The number of hydrogen-bond acceptors (Lipinski definition) is 9. The van der Waals surface area contributed by atoms with Gasteiger partial charge in [-0.15, -0.1) is 0 Å². The minimum atomic E-state index is -0.905. The van der Waals surface area contributed by atoms with Crippen LogP contribution in [0.1, 0.15) is 13.3 Å². The topological polar surface area (TPSA) is 138 Å². The Bertz CT molecular complexity index is 354. The van der Waals surface area contributed by atoms with Gasteiger partial charge in [-0.1, -0.05) is 6.92 Å². The monoisotopic (exact) mass is 258 g/mol. The van der Waals surface area contributed by atoms with E-state index in [0.717, 1.165) is 0 Å². The Morgan fingerprint density at radius 1 is 1.22 bits per heavy atom. The summed E-state index contributed by atoms with van der Waals surface area (Å²) in [4.78, 5) is 11.7. The first-order valence-corrected chi connectivity index (χ1v) is 5.39. The molecule has 6 N–H and O–H groups in total. The molecule has 1 rings (SSSR count). The number of hydrazine groups is 1. The number of aromatic nitrogens is 3. The molecular formula is C9H18N6O3. The Hall–Kier alpha value is -1.71. The highest BCUT2D eigenvalue weighted by molar-refractivity contribution is 5.37. The van der Waals surface area contributed by atoms with Crippen LogP contribution < -0.4 is 21.3 Å². The Morgan fingerprint density at radius 3 is 2.28 bits per heavy atom. The van der Waals surface area contributed by atoms with Gasteiger partial charge in [-0.3, -0.25) is 5.43 Å². The van der Waals surface area contributed by atoms with Crippen molar-refractivity contribution in [3.63, 3.8) is 0 Å². The summed E-state index contributed by atoms with van der Waals surface area (Å²) in [6.07, 6.45) is 0.486. The van der Waals surface area contributed by atoms with Crippen LogP contribution >= 0.6 is 0 Å². The molecule has 0 saturated carbocycles. The summed E-state index contributed by atoms with van der Waals surface area (Å²) in [5, 5.41) is 21.5. The molecular weight excluding hydrogens is 240 g/mol. The van der Waals surface area contributed by atoms with Crippen LogP contribution in [0.5, 0.6) is 6.01 Å². The van der Waals surface area contributed by atoms with Crippen LogP contribution in [0.15, 0.2) is 0 Å². The van der Waals surface area contributed by atoms with E-state index in [4.69, 9.17) is 10.6 Å². The molecule has 0 bridgehead atoms. The lowest BCUT2D eigenvalue weighted by molar-refractivity contribution is 0.132. The van der Waals surface area contributed by atoms with Crippen molar-refractivity contribution >= 4 is 11.9 Å². The van der Waals surface area contributed by atoms with E-state index in [0.29, 0.717) is 6.42 Å². The van der Waals surface area contributed by atoms with Crippen molar-refractivity contribution in [2.24, 2.45) is 5.84 Å². The molecule has 0 aliphatic heterocycles. The summed E-state index contributed by atoms with van der Waals surface area (Å²) >= 11 is 0. The predicted octanol–water partition coefficient (Wildman–Crippen LogP) is -1.29. The van der Waals surface area contributed by atoms with Crippen LogP contribution in [0.4, 0.5) is 11.9 Å². The molecule has 0 aliphatic rings. The minimum absolute atomic E-state index is 0.0707. The third-order valence-corrected chi connectivity index (χ3v) is 2.59. The molecule has 0 spiro atoms. The van der Waals surface area contributed by atoms with Gasteiger partial charge in [-0.2, -0.15) is 15.0 Å². The highest BCUT2D eigenvalue weighted by atomic mass is 16.5. The number of aliphatic hydroxyl groups excluding tert-OH is 2. The van der Waals surface area contributed by atoms with Crippen LogP contribution in [0, 0.1) is 0 Å². The van der Waals surface area contributed by atoms with Crippen molar-refractivity contribution in [3.05, 3.63) is 0 Å². The zero-order valence-electron chi connectivity index (χ0n) is 10.3. The number of rotatable bonds is 7. The van der Waals surface area contributed by atoms with Gasteiger partial charge in [-0.25, -0.2) is 5.84 Å². The Labute approximate surface area is 104 Å². The van der Waals surface area contributed by atoms with Crippen molar-refractivity contribution in [2.75, 3.05) is 31.1 Å². The number of nitrogen functional groups attached to an aromatic ring is 1. The fourth-order valence-electron chi connectivity index (χ4n) is 1.25. The van der Waals surface area contributed by atoms with Crippen molar-refractivity contribution in [2.45, 2.75) is 18.9 Å². The molecule has 0 amide bonds. The average molecular weight is 258 g/mol. The predicted molar refractivity (Wildman–Crippen MR) is 65.0 cm³/mol. The summed E-state index contributed by atoms with van der Waals surface area (Å²) in [5.41, 5.74) is 1.37. The van der Waals surface area contributed by atoms with Gasteiger partial charge < -0.3 is 20.3 Å². The van der Waals surface area contributed by atoms with Gasteiger partial charge in [0, 0.05) is 0 Å². The number of ether oxygens (including phenoxy) is 1. The van der Waals surface area contributed by atoms with Crippen LogP contribution in [0.3, 0.4) is 0 Å². The van der Waals surface area contributed by atoms with Crippen molar-refractivity contribution in [3.8, 4) is 6.01 Å². The van der Waals surface area contributed by atoms with Gasteiger partial charge in [0.05, 0.1) is 25.9 Å². The molecule has 0 atom stereocenters. The SMILES string of the molecule is CCC(CO)(CO)Nc1nc(NN)nc(OC)n1. The maximum atomic E-state index is 9.33. The number of nitrogens with one attached hydrogen (secondary N) is 2. The third kappa shape index (κ3) is 3.15. The van der Waals surface area contributed by atoms with Gasteiger partial charge in [0.25, 0.3) is 0 Å². The van der Waals surface area contributed by atoms with E-state index in [1.165, 1.54) is 7.11 Å². The first-order chi connectivity index (χ1) is 8.62. The maximum Gasteiger partial charge on any atom is 0.322 e. The van der Waals surface area contributed by atoms with Crippen LogP contribution in [0.25, 0.3) is 0 Å². The van der Waals surface area contributed by atoms with Crippen LogP contribution in [-0.2, 0) is 0 Å². The lowest BCUT2D eigenvalue weighted by Gasteiger charge is -2.29. The van der Waals surface area contributed by atoms with E-state index in [9.17, 15) is 10.2 Å². The molecule has 0 saturated heterocycles. The molecule has 0 aliphatic carbocycles. The molecule has 9 nitrogen and oxygen atoms in total. The van der Waals surface area contributed by atoms with Gasteiger partial charge >= 0.3 is 6.01 Å². The lowest BCUT2D eigenvalue weighted by Crippen LogP contribution is -2.45. The highest BCUT2D eigenvalue weighted by Crippen LogP contribution is 2.17. The largest absolute Gasteiger partial charge is 0.467 e. The van der Waals surface area contributed by atoms with Gasteiger partial charge in [-0.05, 0) is 6.42 Å². The lowest BCUT2D eigenvalue weighted by atomic mass is 9.99. The Balaban J connectivity index is 3.01. The molecule has 0 fully saturated rings. The van der Waals surface area contributed by atoms with E-state index >= 15 is 0 Å². The molecule has 1 aromatic heterocycles. The number of hydrogen-bond donors (Lipinski definition) is 5. The molecule has 1 aromatic rings. The molecule has 1 heterocycles. The summed E-state index contributed by atoms with van der Waals surface area (Å²) in [6.45, 7) is 1.29. The smallest absolute Gasteiger partial charge is 0.322 e. The first-order valence-electron chi connectivity index (χ1n) is 5.39. The summed E-state index contributed by atoms with van der Waals surface area (Å²) in [6, 6.07) is 0.0707. The van der Waals surface area contributed by atoms with Crippen molar-refractivity contribution in [1.82, 2.24) is 15.0 Å². The van der Waals surface area contributed by atoms with Crippen LogP contribution in [0.2, 0.25) is 0 Å². The molecule has 9 heteroatoms. The van der Waals surface area contributed by atoms with Crippen molar-refractivity contribution < 1.29 is 14.9 Å². The molecule has 0 aromatic carbocycles. The zero-order chi connectivity index (χ0) is 13.6. The standard InChI is InChI=1S/C9H18N6O3/c1-3-9(4-16,5-17)14-6-11-7(15-10)13-8(12-6)18-2/h16-17H,3-5,10H2,1-2H3,(H2,11,12,13,14,15). The van der Waals surface area contributed by atoms with E-state index in [2.05, 4.69) is 25.7 Å². The summed E-state index contributed by atoms with van der Waals surface area (Å²) < 4.78 is 4.89. The maximum absolute atomic E-state index is 9.33. The number of methoxy groups -OCH3 is 1. The quantitative estimate of drug-likeness (QED) is 0.298. The molecule has 102 valence electrons. The fraction of sp³-hybridized carbons (Fsp3) is 0.667. The number of nitrogens with zero attached hydrogens (tertiary/aromatic N) is 3. The number of aliphatic hydroxyl groups is 2.